The van der Waals surface area contributed by atoms with E-state index in [1.807, 2.05) is 26.1 Å². The highest BCUT2D eigenvalue weighted by Crippen LogP contribution is 2.34. The van der Waals surface area contributed by atoms with E-state index in [0.29, 0.717) is 12.4 Å². The second-order valence-corrected chi connectivity index (χ2v) is 13.5. The summed E-state index contributed by atoms with van der Waals surface area (Å²) in [5, 5.41) is 4.91. The summed E-state index contributed by atoms with van der Waals surface area (Å²) in [6, 6.07) is 58.0. The summed E-state index contributed by atoms with van der Waals surface area (Å²) in [5.74, 6) is 0.678. The molecule has 0 radical (unpaired) electrons. The number of benzene rings is 7. The maximum absolute atomic E-state index is 5.21. The van der Waals surface area contributed by atoms with Gasteiger partial charge in [0, 0.05) is 35.0 Å². The Labute approximate surface area is 323 Å². The van der Waals surface area contributed by atoms with Gasteiger partial charge < -0.3 is 0 Å². The summed E-state index contributed by atoms with van der Waals surface area (Å²) in [5.41, 5.74) is 12.5. The number of hydrogen-bond donors (Lipinski definition) is 0. The second kappa shape index (κ2) is 16.0. The van der Waals surface area contributed by atoms with Gasteiger partial charge in [-0.05, 0) is 93.1 Å². The minimum absolute atomic E-state index is 0.678. The van der Waals surface area contributed by atoms with Crippen molar-refractivity contribution in [1.29, 1.82) is 0 Å². The van der Waals surface area contributed by atoms with Gasteiger partial charge in [0.05, 0.1) is 11.4 Å². The lowest BCUT2D eigenvalue weighted by molar-refractivity contribution is 1.14. The predicted octanol–water partition coefficient (Wildman–Crippen LogP) is 13.7. The molecule has 0 amide bonds. The molecule has 0 bridgehead atoms. The van der Waals surface area contributed by atoms with Crippen LogP contribution < -0.4 is 0 Å². The monoisotopic (exact) mass is 707 g/mol. The van der Waals surface area contributed by atoms with Gasteiger partial charge in [-0.3, -0.25) is 4.99 Å². The SMILES string of the molecule is C=CC(/C=C(\C=NCC)c1ccc(-c2cc(-c3ccc(-c4cccc5ccccc45)cc3)nc(-c3cccc(-c4ccc5ccccc5c4)c3)n2)cc1)=C\C. The first-order chi connectivity index (χ1) is 27.1. The molecule has 3 heteroatoms. The van der Waals surface area contributed by atoms with E-state index >= 15 is 0 Å². The summed E-state index contributed by atoms with van der Waals surface area (Å²) >= 11 is 0. The Bertz CT molecular complexity index is 2740. The highest BCUT2D eigenvalue weighted by atomic mass is 14.9. The molecule has 0 saturated heterocycles. The van der Waals surface area contributed by atoms with Crippen LogP contribution in [0.1, 0.15) is 19.4 Å². The molecular weight excluding hydrogens is 667 g/mol. The minimum atomic E-state index is 0.678. The standard InChI is InChI=1S/C52H41N3/c1-4-36(5-2)31-47(35-53-6-3)38-21-26-41(27-22-38)50-34-51(42-28-24-40(25-29-42)49-20-12-16-39-14-9-10-19-48(39)49)55-52(54-50)46-18-11-17-44(33-46)45-30-23-37-13-7-8-15-43(37)32-45/h4-5,7-35H,1,6H2,2-3H3/b36-5+,47-31+,53-35?. The minimum Gasteiger partial charge on any atom is -0.293 e. The Morgan fingerprint density at radius 3 is 1.89 bits per heavy atom. The topological polar surface area (TPSA) is 38.1 Å². The van der Waals surface area contributed by atoms with Gasteiger partial charge in [0.2, 0.25) is 0 Å². The van der Waals surface area contributed by atoms with Crippen LogP contribution in [0.2, 0.25) is 0 Å². The van der Waals surface area contributed by atoms with Gasteiger partial charge >= 0.3 is 0 Å². The Kier molecular flexibility index (Phi) is 10.2. The number of fused-ring (bicyclic) bond motifs is 2. The number of rotatable bonds is 10. The normalized spacial score (nSPS) is 12.1. The van der Waals surface area contributed by atoms with E-state index in [4.69, 9.17) is 9.97 Å². The molecule has 8 aromatic rings. The number of aliphatic imine (C=N–C) groups is 1. The van der Waals surface area contributed by atoms with Gasteiger partial charge in [-0.1, -0.05) is 164 Å². The third-order valence-corrected chi connectivity index (χ3v) is 10.0. The Hall–Kier alpha value is -6.97. The molecule has 8 rings (SSSR count). The van der Waals surface area contributed by atoms with E-state index < -0.39 is 0 Å². The Morgan fingerprint density at radius 1 is 0.564 bits per heavy atom. The fourth-order valence-corrected chi connectivity index (χ4v) is 7.03. The van der Waals surface area contributed by atoms with Crippen LogP contribution in [-0.2, 0) is 0 Å². The molecule has 0 atom stereocenters. The van der Waals surface area contributed by atoms with E-state index in [1.54, 1.807) is 0 Å². The van der Waals surface area contributed by atoms with Crippen molar-refractivity contribution >= 4 is 33.3 Å². The highest BCUT2D eigenvalue weighted by molar-refractivity contribution is 6.10. The fourth-order valence-electron chi connectivity index (χ4n) is 7.03. The molecule has 7 aromatic carbocycles. The van der Waals surface area contributed by atoms with Crippen molar-refractivity contribution in [2.24, 2.45) is 4.99 Å². The van der Waals surface area contributed by atoms with Crippen molar-refractivity contribution in [3.8, 4) is 56.2 Å². The first-order valence-electron chi connectivity index (χ1n) is 18.8. The summed E-state index contributed by atoms with van der Waals surface area (Å²) < 4.78 is 0. The highest BCUT2D eigenvalue weighted by Gasteiger charge is 2.13. The van der Waals surface area contributed by atoms with Crippen LogP contribution in [-0.4, -0.2) is 22.7 Å². The number of allylic oxidation sites excluding steroid dienone is 5. The molecule has 0 N–H and O–H groups in total. The van der Waals surface area contributed by atoms with Crippen molar-refractivity contribution in [2.45, 2.75) is 13.8 Å². The molecule has 0 aliphatic heterocycles. The van der Waals surface area contributed by atoms with Gasteiger partial charge in [0.15, 0.2) is 5.82 Å². The van der Waals surface area contributed by atoms with Crippen molar-refractivity contribution in [3.63, 3.8) is 0 Å². The largest absolute Gasteiger partial charge is 0.293 e. The maximum atomic E-state index is 5.21. The molecule has 1 aromatic heterocycles. The van der Waals surface area contributed by atoms with Gasteiger partial charge in [-0.25, -0.2) is 9.97 Å². The van der Waals surface area contributed by atoms with Gasteiger partial charge in [0.1, 0.15) is 0 Å². The van der Waals surface area contributed by atoms with Crippen LogP contribution in [0.5, 0.6) is 0 Å². The molecule has 0 aliphatic rings. The summed E-state index contributed by atoms with van der Waals surface area (Å²) in [4.78, 5) is 15.0. The molecule has 3 nitrogen and oxygen atoms in total. The van der Waals surface area contributed by atoms with Crippen molar-refractivity contribution < 1.29 is 0 Å². The summed E-state index contributed by atoms with van der Waals surface area (Å²) in [7, 11) is 0. The zero-order chi connectivity index (χ0) is 37.6. The van der Waals surface area contributed by atoms with E-state index in [-0.39, 0.29) is 0 Å². The third kappa shape index (κ3) is 7.60. The van der Waals surface area contributed by atoms with E-state index in [0.717, 1.165) is 55.9 Å². The van der Waals surface area contributed by atoms with Crippen molar-refractivity contribution in [2.75, 3.05) is 6.54 Å². The third-order valence-electron chi connectivity index (χ3n) is 10.0. The number of nitrogens with zero attached hydrogens (tertiary/aromatic N) is 3. The van der Waals surface area contributed by atoms with Crippen LogP contribution in [0, 0.1) is 0 Å². The van der Waals surface area contributed by atoms with Crippen LogP contribution in [0.15, 0.2) is 199 Å². The fraction of sp³-hybridized carbons (Fsp3) is 0.0577. The second-order valence-electron chi connectivity index (χ2n) is 13.5. The first-order valence-corrected chi connectivity index (χ1v) is 18.8. The average Bonchev–Trinajstić information content (AvgIpc) is 3.26. The number of hydrogen-bond acceptors (Lipinski definition) is 3. The zero-order valence-electron chi connectivity index (χ0n) is 31.2. The Balaban J connectivity index is 1.22. The Morgan fingerprint density at radius 2 is 1.16 bits per heavy atom. The molecule has 264 valence electrons. The summed E-state index contributed by atoms with van der Waals surface area (Å²) in [6.45, 7) is 8.75. The molecule has 0 aliphatic carbocycles. The molecule has 0 unspecified atom stereocenters. The smallest absolute Gasteiger partial charge is 0.160 e. The van der Waals surface area contributed by atoms with Crippen LogP contribution in [0.3, 0.4) is 0 Å². The van der Waals surface area contributed by atoms with Crippen LogP contribution >= 0.6 is 0 Å². The summed E-state index contributed by atoms with van der Waals surface area (Å²) in [6.07, 6.45) is 7.97. The van der Waals surface area contributed by atoms with E-state index in [1.165, 1.54) is 32.7 Å². The quantitative estimate of drug-likeness (QED) is 0.105. The van der Waals surface area contributed by atoms with Gasteiger partial charge in [0.25, 0.3) is 0 Å². The van der Waals surface area contributed by atoms with E-state index in [2.05, 4.69) is 188 Å². The van der Waals surface area contributed by atoms with Crippen molar-refractivity contribution in [3.05, 3.63) is 200 Å². The zero-order valence-corrected chi connectivity index (χ0v) is 31.2. The lowest BCUT2D eigenvalue weighted by Crippen LogP contribution is -1.97. The van der Waals surface area contributed by atoms with E-state index in [9.17, 15) is 0 Å². The molecule has 0 spiro atoms. The first kappa shape index (κ1) is 35.1. The molecule has 0 fully saturated rings. The van der Waals surface area contributed by atoms with Gasteiger partial charge in [-0.2, -0.15) is 0 Å². The molecule has 1 heterocycles. The molecular formula is C52H41N3. The van der Waals surface area contributed by atoms with Crippen LogP contribution in [0.4, 0.5) is 0 Å². The van der Waals surface area contributed by atoms with Crippen molar-refractivity contribution in [1.82, 2.24) is 9.97 Å². The van der Waals surface area contributed by atoms with Crippen LogP contribution in [0.25, 0.3) is 83.3 Å². The lowest BCUT2D eigenvalue weighted by Gasteiger charge is -2.12. The molecule has 55 heavy (non-hydrogen) atoms. The maximum Gasteiger partial charge on any atom is 0.160 e. The number of aromatic nitrogens is 2. The average molecular weight is 708 g/mol. The lowest BCUT2D eigenvalue weighted by atomic mass is 9.96. The molecule has 0 saturated carbocycles. The van der Waals surface area contributed by atoms with Gasteiger partial charge in [-0.15, -0.1) is 0 Å². The predicted molar refractivity (Wildman–Crippen MR) is 235 cm³/mol.